The van der Waals surface area contributed by atoms with Gasteiger partial charge in [0.05, 0.1) is 32.5 Å². The van der Waals surface area contributed by atoms with E-state index in [0.29, 0.717) is 0 Å². The number of thiophene rings is 1. The van der Waals surface area contributed by atoms with E-state index < -0.39 is 0 Å². The molecule has 0 aliphatic carbocycles. The van der Waals surface area contributed by atoms with Crippen LogP contribution in [-0.4, -0.2) is 4.57 Å². The molecule has 3 aromatic heterocycles. The first-order valence-electron chi connectivity index (χ1n) is 17.6. The maximum absolute atomic E-state index is 6.43. The summed E-state index contributed by atoms with van der Waals surface area (Å²) in [5.74, 6) is 0. The Morgan fingerprint density at radius 3 is 1.87 bits per heavy atom. The van der Waals surface area contributed by atoms with Crippen LogP contribution < -0.4 is 4.90 Å². The third-order valence-electron chi connectivity index (χ3n) is 10.4. The van der Waals surface area contributed by atoms with Gasteiger partial charge in [0.1, 0.15) is 11.2 Å². The molecule has 11 rings (SSSR count). The predicted octanol–water partition coefficient (Wildman–Crippen LogP) is 14.2. The van der Waals surface area contributed by atoms with E-state index in [0.717, 1.165) is 55.8 Å². The predicted molar refractivity (Wildman–Crippen MR) is 221 cm³/mol. The van der Waals surface area contributed by atoms with Gasteiger partial charge in [0.25, 0.3) is 0 Å². The minimum absolute atomic E-state index is 0.877. The lowest BCUT2D eigenvalue weighted by Gasteiger charge is -2.27. The number of benzene rings is 8. The van der Waals surface area contributed by atoms with Crippen LogP contribution in [0.25, 0.3) is 80.7 Å². The average Bonchev–Trinajstić information content (AvgIpc) is 3.89. The third kappa shape index (κ3) is 4.38. The lowest BCUT2D eigenvalue weighted by molar-refractivity contribution is 0.669. The molecule has 0 amide bonds. The molecule has 52 heavy (non-hydrogen) atoms. The number of para-hydroxylation sites is 3. The van der Waals surface area contributed by atoms with Crippen LogP contribution in [0.1, 0.15) is 0 Å². The summed E-state index contributed by atoms with van der Waals surface area (Å²) in [6.45, 7) is 0. The second-order valence-corrected chi connectivity index (χ2v) is 14.4. The van der Waals surface area contributed by atoms with Gasteiger partial charge in [-0.3, -0.25) is 0 Å². The number of anilines is 3. The molecule has 0 saturated carbocycles. The number of fused-ring (bicyclic) bond motifs is 9. The van der Waals surface area contributed by atoms with Crippen molar-refractivity contribution in [3.05, 3.63) is 182 Å². The smallest absolute Gasteiger partial charge is 0.137 e. The maximum atomic E-state index is 6.43. The number of hydrogen-bond acceptors (Lipinski definition) is 3. The summed E-state index contributed by atoms with van der Waals surface area (Å²) < 4.78 is 11.4. The Morgan fingerprint density at radius 2 is 1.04 bits per heavy atom. The lowest BCUT2D eigenvalue weighted by Crippen LogP contribution is -2.10. The van der Waals surface area contributed by atoms with Crippen molar-refractivity contribution in [3.8, 4) is 16.8 Å². The average molecular weight is 683 g/mol. The van der Waals surface area contributed by atoms with Crippen LogP contribution in [0, 0.1) is 0 Å². The molecule has 4 heteroatoms. The van der Waals surface area contributed by atoms with E-state index in [9.17, 15) is 0 Å². The van der Waals surface area contributed by atoms with Gasteiger partial charge in [-0.05, 0) is 77.9 Å². The normalized spacial score (nSPS) is 11.8. The highest BCUT2D eigenvalue weighted by Crippen LogP contribution is 2.48. The standard InChI is InChI=1S/C48H30N2OS/c1-5-22-40-35(17-1)36-18-2-6-23-41(36)49(40)33-15-9-13-31(29-33)32-14-10-16-34(30-32)50(42-24-12-27-45-47(42)39-20-3-7-26-44(39)51-45)43-25-11-21-38-37-19-4-8-28-46(37)52-48(38)43/h1-30H. The van der Waals surface area contributed by atoms with E-state index in [1.165, 1.54) is 42.0 Å². The molecule has 0 aliphatic rings. The zero-order chi connectivity index (χ0) is 34.2. The van der Waals surface area contributed by atoms with E-state index in [-0.39, 0.29) is 0 Å². The molecule has 0 spiro atoms. The number of nitrogens with zero attached hydrogens (tertiary/aromatic N) is 2. The van der Waals surface area contributed by atoms with Crippen LogP contribution in [0.5, 0.6) is 0 Å². The minimum Gasteiger partial charge on any atom is -0.456 e. The molecule has 0 aliphatic heterocycles. The van der Waals surface area contributed by atoms with Crippen LogP contribution in [0.4, 0.5) is 17.1 Å². The summed E-state index contributed by atoms with van der Waals surface area (Å²) >= 11 is 1.85. The fourth-order valence-corrected chi connectivity index (χ4v) is 9.31. The van der Waals surface area contributed by atoms with Crippen molar-refractivity contribution < 1.29 is 4.42 Å². The Bertz CT molecular complexity index is 3110. The highest BCUT2D eigenvalue weighted by Gasteiger charge is 2.23. The molecule has 0 N–H and O–H groups in total. The molecule has 0 saturated heterocycles. The first kappa shape index (κ1) is 29.1. The number of aromatic nitrogens is 1. The Kier molecular flexibility index (Phi) is 6.42. The van der Waals surface area contributed by atoms with Crippen molar-refractivity contribution in [2.75, 3.05) is 4.90 Å². The van der Waals surface area contributed by atoms with Crippen LogP contribution in [0.2, 0.25) is 0 Å². The van der Waals surface area contributed by atoms with Crippen molar-refractivity contribution >= 4 is 92.3 Å². The summed E-state index contributed by atoms with van der Waals surface area (Å²) in [6.07, 6.45) is 0. The first-order chi connectivity index (χ1) is 25.8. The van der Waals surface area contributed by atoms with Crippen LogP contribution in [0.15, 0.2) is 186 Å². The van der Waals surface area contributed by atoms with Gasteiger partial charge in [0, 0.05) is 43.0 Å². The van der Waals surface area contributed by atoms with E-state index >= 15 is 0 Å². The second kappa shape index (κ2) is 11.5. The van der Waals surface area contributed by atoms with Gasteiger partial charge < -0.3 is 13.9 Å². The van der Waals surface area contributed by atoms with Crippen LogP contribution >= 0.6 is 11.3 Å². The summed E-state index contributed by atoms with van der Waals surface area (Å²) in [5.41, 5.74) is 10.9. The highest BCUT2D eigenvalue weighted by atomic mass is 32.1. The van der Waals surface area contributed by atoms with Crippen molar-refractivity contribution in [1.29, 1.82) is 0 Å². The molecule has 3 nitrogen and oxygen atoms in total. The lowest BCUT2D eigenvalue weighted by atomic mass is 10.0. The van der Waals surface area contributed by atoms with Gasteiger partial charge in [-0.25, -0.2) is 0 Å². The molecule has 3 heterocycles. The van der Waals surface area contributed by atoms with Crippen LogP contribution in [-0.2, 0) is 0 Å². The molecule has 11 aromatic rings. The van der Waals surface area contributed by atoms with Crippen molar-refractivity contribution in [2.45, 2.75) is 0 Å². The zero-order valence-corrected chi connectivity index (χ0v) is 28.8. The summed E-state index contributed by atoms with van der Waals surface area (Å²) in [5, 5.41) is 7.29. The van der Waals surface area contributed by atoms with Crippen molar-refractivity contribution in [1.82, 2.24) is 4.57 Å². The summed E-state index contributed by atoms with van der Waals surface area (Å²) in [7, 11) is 0. The van der Waals surface area contributed by atoms with E-state index in [2.05, 4.69) is 185 Å². The van der Waals surface area contributed by atoms with E-state index in [4.69, 9.17) is 4.42 Å². The molecule has 0 fully saturated rings. The van der Waals surface area contributed by atoms with Gasteiger partial charge in [-0.1, -0.05) is 115 Å². The van der Waals surface area contributed by atoms with Crippen molar-refractivity contribution in [3.63, 3.8) is 0 Å². The Hall–Kier alpha value is -6.62. The number of rotatable bonds is 5. The number of hydrogen-bond donors (Lipinski definition) is 0. The maximum Gasteiger partial charge on any atom is 0.137 e. The largest absolute Gasteiger partial charge is 0.456 e. The van der Waals surface area contributed by atoms with Gasteiger partial charge >= 0.3 is 0 Å². The Labute approximate surface area is 303 Å². The van der Waals surface area contributed by atoms with Gasteiger partial charge in [0.15, 0.2) is 0 Å². The third-order valence-corrected chi connectivity index (χ3v) is 11.6. The molecule has 0 bridgehead atoms. The SMILES string of the molecule is c1cc(-c2cccc(-n3c4ccccc4c4ccccc43)c2)cc(N(c2cccc3c2sc2ccccc23)c2cccc3oc4ccccc4c23)c1. The van der Waals surface area contributed by atoms with Gasteiger partial charge in [-0.15, -0.1) is 11.3 Å². The number of furan rings is 1. The minimum atomic E-state index is 0.877. The topological polar surface area (TPSA) is 21.3 Å². The first-order valence-corrected chi connectivity index (χ1v) is 18.4. The van der Waals surface area contributed by atoms with Gasteiger partial charge in [-0.2, -0.15) is 0 Å². The molecule has 0 radical (unpaired) electrons. The molecule has 8 aromatic carbocycles. The zero-order valence-electron chi connectivity index (χ0n) is 28.0. The molecular formula is C48H30N2OS. The van der Waals surface area contributed by atoms with E-state index in [1.807, 2.05) is 17.4 Å². The molecule has 244 valence electrons. The second-order valence-electron chi connectivity index (χ2n) is 13.3. The monoisotopic (exact) mass is 682 g/mol. The Morgan fingerprint density at radius 1 is 0.442 bits per heavy atom. The molecular weight excluding hydrogens is 653 g/mol. The molecule has 0 atom stereocenters. The fraction of sp³-hybridized carbons (Fsp3) is 0. The molecule has 0 unspecified atom stereocenters. The summed E-state index contributed by atoms with van der Waals surface area (Å²) in [4.78, 5) is 2.43. The van der Waals surface area contributed by atoms with Gasteiger partial charge in [0.2, 0.25) is 0 Å². The quantitative estimate of drug-likeness (QED) is 0.180. The van der Waals surface area contributed by atoms with Crippen LogP contribution in [0.3, 0.4) is 0 Å². The van der Waals surface area contributed by atoms with E-state index in [1.54, 1.807) is 0 Å². The van der Waals surface area contributed by atoms with Crippen molar-refractivity contribution in [2.24, 2.45) is 0 Å². The highest BCUT2D eigenvalue weighted by molar-refractivity contribution is 7.26. The Balaban J connectivity index is 1.14. The summed E-state index contributed by atoms with van der Waals surface area (Å²) in [6, 6.07) is 65.5. The fourth-order valence-electron chi connectivity index (χ4n) is 8.11.